The first-order chi connectivity index (χ1) is 8.04. The highest BCUT2D eigenvalue weighted by Gasteiger charge is 2.10. The number of amides is 1. The third-order valence-corrected chi connectivity index (χ3v) is 2.70. The van der Waals surface area contributed by atoms with E-state index in [2.05, 4.69) is 24.1 Å². The van der Waals surface area contributed by atoms with Crippen molar-refractivity contribution < 1.29 is 4.79 Å². The average molecular weight is 238 g/mol. The molecule has 1 heterocycles. The molecule has 0 aromatic carbocycles. The Balaban J connectivity index is 2.59. The minimum absolute atomic E-state index is 0.108. The van der Waals surface area contributed by atoms with E-state index >= 15 is 0 Å². The highest BCUT2D eigenvalue weighted by molar-refractivity contribution is 5.75. The predicted octanol–water partition coefficient (Wildman–Crippen LogP) is 0.859. The van der Waals surface area contributed by atoms with Crippen molar-refractivity contribution in [2.45, 2.75) is 39.9 Å². The van der Waals surface area contributed by atoms with E-state index < -0.39 is 0 Å². The second kappa shape index (κ2) is 6.39. The SMILES string of the molecule is CCN(C)C(=O)Cn1cncc1CNC(C)C. The molecule has 1 N–H and O–H groups in total. The van der Waals surface area contributed by atoms with Crippen LogP contribution in [0.15, 0.2) is 12.5 Å². The van der Waals surface area contributed by atoms with Gasteiger partial charge < -0.3 is 14.8 Å². The van der Waals surface area contributed by atoms with Crippen molar-refractivity contribution in [2.75, 3.05) is 13.6 Å². The number of nitrogens with one attached hydrogen (secondary N) is 1. The largest absolute Gasteiger partial charge is 0.344 e. The van der Waals surface area contributed by atoms with Gasteiger partial charge >= 0.3 is 0 Å². The van der Waals surface area contributed by atoms with Crippen molar-refractivity contribution in [1.82, 2.24) is 19.8 Å². The zero-order valence-corrected chi connectivity index (χ0v) is 11.1. The number of likely N-dealkylation sites (N-methyl/N-ethyl adjacent to an activating group) is 1. The summed E-state index contributed by atoms with van der Waals surface area (Å²) in [5.74, 6) is 0.108. The Bertz CT molecular complexity index is 359. The van der Waals surface area contributed by atoms with Crippen LogP contribution in [0, 0.1) is 0 Å². The van der Waals surface area contributed by atoms with Gasteiger partial charge in [-0.25, -0.2) is 4.98 Å². The highest BCUT2D eigenvalue weighted by atomic mass is 16.2. The van der Waals surface area contributed by atoms with Gasteiger partial charge in [0.1, 0.15) is 6.54 Å². The molecule has 1 rings (SSSR count). The molecule has 0 saturated heterocycles. The molecule has 0 aliphatic carbocycles. The normalized spacial score (nSPS) is 10.9. The van der Waals surface area contributed by atoms with E-state index in [-0.39, 0.29) is 5.91 Å². The summed E-state index contributed by atoms with van der Waals surface area (Å²) in [7, 11) is 1.81. The standard InChI is InChI=1S/C12H22N4O/c1-5-15(4)12(17)8-16-9-13-6-11(16)7-14-10(2)3/h6,9-10,14H,5,7-8H2,1-4H3. The van der Waals surface area contributed by atoms with E-state index in [9.17, 15) is 4.79 Å². The molecule has 1 aromatic rings. The van der Waals surface area contributed by atoms with Crippen molar-refractivity contribution >= 4 is 5.91 Å². The Hall–Kier alpha value is -1.36. The summed E-state index contributed by atoms with van der Waals surface area (Å²) in [5, 5.41) is 3.32. The Morgan fingerprint density at radius 1 is 1.59 bits per heavy atom. The van der Waals surface area contributed by atoms with E-state index in [4.69, 9.17) is 0 Å². The van der Waals surface area contributed by atoms with Crippen LogP contribution in [-0.4, -0.2) is 40.0 Å². The van der Waals surface area contributed by atoms with Gasteiger partial charge in [-0.3, -0.25) is 4.79 Å². The van der Waals surface area contributed by atoms with Crippen LogP contribution in [0.2, 0.25) is 0 Å². The Morgan fingerprint density at radius 3 is 2.88 bits per heavy atom. The fourth-order valence-electron chi connectivity index (χ4n) is 1.39. The first-order valence-corrected chi connectivity index (χ1v) is 6.01. The number of aromatic nitrogens is 2. The molecule has 0 radical (unpaired) electrons. The zero-order valence-electron chi connectivity index (χ0n) is 11.1. The van der Waals surface area contributed by atoms with Crippen molar-refractivity contribution in [2.24, 2.45) is 0 Å². The fourth-order valence-corrected chi connectivity index (χ4v) is 1.39. The summed E-state index contributed by atoms with van der Waals surface area (Å²) in [6.45, 7) is 7.98. The van der Waals surface area contributed by atoms with Gasteiger partial charge in [0, 0.05) is 32.4 Å². The molecule has 0 spiro atoms. The first kappa shape index (κ1) is 13.7. The third kappa shape index (κ3) is 4.19. The van der Waals surface area contributed by atoms with Crippen LogP contribution < -0.4 is 5.32 Å². The monoisotopic (exact) mass is 238 g/mol. The number of rotatable bonds is 6. The molecule has 0 fully saturated rings. The zero-order chi connectivity index (χ0) is 12.8. The van der Waals surface area contributed by atoms with Crippen LogP contribution in [0.3, 0.4) is 0 Å². The lowest BCUT2D eigenvalue weighted by molar-refractivity contribution is -0.130. The van der Waals surface area contributed by atoms with Crippen LogP contribution in [-0.2, 0) is 17.9 Å². The summed E-state index contributed by atoms with van der Waals surface area (Å²) in [4.78, 5) is 17.6. The number of hydrogen-bond acceptors (Lipinski definition) is 3. The number of carbonyl (C=O) groups excluding carboxylic acids is 1. The minimum Gasteiger partial charge on any atom is -0.344 e. The minimum atomic E-state index is 0.108. The first-order valence-electron chi connectivity index (χ1n) is 6.01. The van der Waals surface area contributed by atoms with Gasteiger partial charge in [-0.05, 0) is 6.92 Å². The fraction of sp³-hybridized carbons (Fsp3) is 0.667. The summed E-state index contributed by atoms with van der Waals surface area (Å²) in [5.41, 5.74) is 1.04. The molecule has 96 valence electrons. The molecule has 0 aliphatic rings. The van der Waals surface area contributed by atoms with E-state index in [0.29, 0.717) is 12.6 Å². The van der Waals surface area contributed by atoms with Gasteiger partial charge in [0.05, 0.1) is 12.0 Å². The smallest absolute Gasteiger partial charge is 0.242 e. The number of imidazole rings is 1. The maximum absolute atomic E-state index is 11.8. The average Bonchev–Trinajstić information content (AvgIpc) is 2.72. The maximum atomic E-state index is 11.8. The lowest BCUT2D eigenvalue weighted by Crippen LogP contribution is -2.31. The van der Waals surface area contributed by atoms with E-state index in [1.807, 2.05) is 18.5 Å². The van der Waals surface area contributed by atoms with Crippen LogP contribution in [0.5, 0.6) is 0 Å². The van der Waals surface area contributed by atoms with Gasteiger partial charge in [0.25, 0.3) is 0 Å². The number of carbonyl (C=O) groups is 1. The summed E-state index contributed by atoms with van der Waals surface area (Å²) < 4.78 is 1.89. The molecule has 0 atom stereocenters. The Kier molecular flexibility index (Phi) is 5.15. The molecule has 5 nitrogen and oxygen atoms in total. The second-order valence-corrected chi connectivity index (χ2v) is 4.46. The summed E-state index contributed by atoms with van der Waals surface area (Å²) in [6.07, 6.45) is 3.51. The summed E-state index contributed by atoms with van der Waals surface area (Å²) in [6, 6.07) is 0.423. The quantitative estimate of drug-likeness (QED) is 0.799. The topological polar surface area (TPSA) is 50.2 Å². The Morgan fingerprint density at radius 2 is 2.29 bits per heavy atom. The van der Waals surface area contributed by atoms with Crippen molar-refractivity contribution in [3.63, 3.8) is 0 Å². The predicted molar refractivity (Wildman–Crippen MR) is 67.5 cm³/mol. The van der Waals surface area contributed by atoms with Gasteiger partial charge in [-0.15, -0.1) is 0 Å². The highest BCUT2D eigenvalue weighted by Crippen LogP contribution is 2.01. The lowest BCUT2D eigenvalue weighted by atomic mass is 10.3. The van der Waals surface area contributed by atoms with Crippen LogP contribution in [0.4, 0.5) is 0 Å². The molecule has 0 bridgehead atoms. The molecule has 1 aromatic heterocycles. The summed E-state index contributed by atoms with van der Waals surface area (Å²) >= 11 is 0. The van der Waals surface area contributed by atoms with Gasteiger partial charge in [-0.1, -0.05) is 13.8 Å². The van der Waals surface area contributed by atoms with Crippen LogP contribution in [0.1, 0.15) is 26.5 Å². The molecular weight excluding hydrogens is 216 g/mol. The molecule has 1 amide bonds. The van der Waals surface area contributed by atoms with Gasteiger partial charge in [0.15, 0.2) is 0 Å². The molecule has 0 aliphatic heterocycles. The van der Waals surface area contributed by atoms with E-state index in [1.54, 1.807) is 17.4 Å². The molecule has 17 heavy (non-hydrogen) atoms. The van der Waals surface area contributed by atoms with Gasteiger partial charge in [-0.2, -0.15) is 0 Å². The molecule has 0 saturated carbocycles. The second-order valence-electron chi connectivity index (χ2n) is 4.46. The van der Waals surface area contributed by atoms with Crippen molar-refractivity contribution in [3.05, 3.63) is 18.2 Å². The maximum Gasteiger partial charge on any atom is 0.242 e. The molecule has 5 heteroatoms. The molecule has 0 unspecified atom stereocenters. The number of nitrogens with zero attached hydrogens (tertiary/aromatic N) is 3. The van der Waals surface area contributed by atoms with E-state index in [1.165, 1.54) is 0 Å². The van der Waals surface area contributed by atoms with Crippen molar-refractivity contribution in [1.29, 1.82) is 0 Å². The van der Waals surface area contributed by atoms with Crippen molar-refractivity contribution in [3.8, 4) is 0 Å². The molecular formula is C12H22N4O. The number of hydrogen-bond donors (Lipinski definition) is 1. The Labute approximate surface area is 103 Å². The van der Waals surface area contributed by atoms with E-state index in [0.717, 1.165) is 18.8 Å². The van der Waals surface area contributed by atoms with Crippen LogP contribution in [0.25, 0.3) is 0 Å². The van der Waals surface area contributed by atoms with Crippen LogP contribution >= 0.6 is 0 Å². The third-order valence-electron chi connectivity index (χ3n) is 2.70. The lowest BCUT2D eigenvalue weighted by Gasteiger charge is -2.16. The van der Waals surface area contributed by atoms with Gasteiger partial charge in [0.2, 0.25) is 5.91 Å².